The van der Waals surface area contributed by atoms with Gasteiger partial charge in [0.1, 0.15) is 6.10 Å². The van der Waals surface area contributed by atoms with E-state index in [1.165, 1.54) is 12.8 Å². The van der Waals surface area contributed by atoms with Crippen LogP contribution in [0.25, 0.3) is 0 Å². The zero-order valence-corrected chi connectivity index (χ0v) is 15.7. The number of carboxylic acids is 1. The highest BCUT2D eigenvalue weighted by molar-refractivity contribution is 5.66. The number of allylic oxidation sites excluding steroid dienone is 1. The van der Waals surface area contributed by atoms with Crippen molar-refractivity contribution in [2.75, 3.05) is 0 Å². The van der Waals surface area contributed by atoms with E-state index in [2.05, 4.69) is 13.0 Å². The van der Waals surface area contributed by atoms with Crippen LogP contribution < -0.4 is 0 Å². The van der Waals surface area contributed by atoms with Crippen LogP contribution in [-0.4, -0.2) is 56.9 Å². The average molecular weight is 370 g/mol. The lowest BCUT2D eigenvalue weighted by atomic mass is 10.0. The van der Waals surface area contributed by atoms with Gasteiger partial charge in [-0.15, -0.1) is 0 Å². The molecule has 0 aliphatic carbocycles. The summed E-state index contributed by atoms with van der Waals surface area (Å²) in [5, 5.41) is 38.7. The Bertz CT molecular complexity index is 448. The Labute approximate surface area is 156 Å². The van der Waals surface area contributed by atoms with E-state index in [9.17, 15) is 20.1 Å². The van der Waals surface area contributed by atoms with Gasteiger partial charge in [0, 0.05) is 12.8 Å². The first-order valence-electron chi connectivity index (χ1n) is 9.68. The molecule has 0 radical (unpaired) electrons. The van der Waals surface area contributed by atoms with Gasteiger partial charge in [-0.05, 0) is 32.1 Å². The van der Waals surface area contributed by atoms with Gasteiger partial charge in [-0.1, -0.05) is 44.1 Å². The number of hydrogen-bond donors (Lipinski definition) is 4. The molecule has 0 bridgehead atoms. The Hall–Kier alpha value is -1.21. The van der Waals surface area contributed by atoms with Gasteiger partial charge in [0.2, 0.25) is 0 Å². The van der Waals surface area contributed by atoms with E-state index < -0.39 is 36.5 Å². The number of carbonyl (C=O) groups is 1. The van der Waals surface area contributed by atoms with Crippen molar-refractivity contribution in [1.82, 2.24) is 0 Å². The van der Waals surface area contributed by atoms with Crippen molar-refractivity contribution in [2.45, 2.75) is 95.2 Å². The molecule has 4 N–H and O–H groups in total. The molecule has 0 spiro atoms. The van der Waals surface area contributed by atoms with Crippen LogP contribution in [0.5, 0.6) is 0 Å². The van der Waals surface area contributed by atoms with Gasteiger partial charge in [0.05, 0.1) is 24.4 Å². The smallest absolute Gasteiger partial charge is 0.303 e. The van der Waals surface area contributed by atoms with Gasteiger partial charge in [0.25, 0.3) is 0 Å². The lowest BCUT2D eigenvalue weighted by molar-refractivity contribution is -0.137. The molecule has 1 aliphatic rings. The van der Waals surface area contributed by atoms with Crippen molar-refractivity contribution < 1.29 is 30.0 Å². The number of hydrogen-bond acceptors (Lipinski definition) is 5. The van der Waals surface area contributed by atoms with E-state index in [0.717, 1.165) is 12.8 Å². The maximum atomic E-state index is 10.5. The zero-order valence-electron chi connectivity index (χ0n) is 15.7. The van der Waals surface area contributed by atoms with Crippen LogP contribution in [0.2, 0.25) is 0 Å². The van der Waals surface area contributed by atoms with Crippen molar-refractivity contribution in [3.63, 3.8) is 0 Å². The summed E-state index contributed by atoms with van der Waals surface area (Å²) in [6, 6.07) is 0. The first kappa shape index (κ1) is 22.8. The minimum Gasteiger partial charge on any atom is -0.481 e. The number of ether oxygens (including phenoxy) is 1. The molecule has 0 unspecified atom stereocenters. The number of rotatable bonds is 13. The summed E-state index contributed by atoms with van der Waals surface area (Å²) < 4.78 is 5.65. The first-order chi connectivity index (χ1) is 12.4. The molecule has 150 valence electrons. The summed E-state index contributed by atoms with van der Waals surface area (Å²) in [6.07, 6.45) is 10.2. The number of aliphatic hydroxyl groups is 3. The number of aliphatic carboxylic acids is 1. The van der Waals surface area contributed by atoms with Gasteiger partial charge in [-0.2, -0.15) is 0 Å². The van der Waals surface area contributed by atoms with Gasteiger partial charge in [-0.3, -0.25) is 4.79 Å². The molecule has 1 rings (SSSR count). The lowest BCUT2D eigenvalue weighted by Gasteiger charge is -2.17. The fraction of sp³-hybridized carbons (Fsp3) is 0.750. The Morgan fingerprint density at radius 3 is 2.69 bits per heavy atom. The number of carboxylic acid groups (broad SMARTS) is 1. The summed E-state index contributed by atoms with van der Waals surface area (Å²) >= 11 is 0. The Kier molecular flexibility index (Phi) is 11.4. The topological polar surface area (TPSA) is 107 Å². The van der Waals surface area contributed by atoms with Gasteiger partial charge in [-0.25, -0.2) is 0 Å². The van der Waals surface area contributed by atoms with E-state index in [0.29, 0.717) is 25.7 Å². The van der Waals surface area contributed by atoms with Crippen molar-refractivity contribution in [3.05, 3.63) is 24.3 Å². The van der Waals surface area contributed by atoms with Crippen molar-refractivity contribution >= 4 is 5.97 Å². The molecule has 1 heterocycles. The van der Waals surface area contributed by atoms with Crippen LogP contribution in [0.15, 0.2) is 24.3 Å². The molecular weight excluding hydrogens is 336 g/mol. The molecule has 6 heteroatoms. The van der Waals surface area contributed by atoms with Crippen LogP contribution in [-0.2, 0) is 9.53 Å². The summed E-state index contributed by atoms with van der Waals surface area (Å²) in [7, 11) is 0. The third kappa shape index (κ3) is 9.48. The van der Waals surface area contributed by atoms with Crippen LogP contribution in [0.4, 0.5) is 0 Å². The summed E-state index contributed by atoms with van der Waals surface area (Å²) in [5.41, 5.74) is 0. The second-order valence-electron chi connectivity index (χ2n) is 6.95. The predicted molar refractivity (Wildman–Crippen MR) is 99.8 cm³/mol. The maximum absolute atomic E-state index is 10.5. The first-order valence-corrected chi connectivity index (χ1v) is 9.68. The number of aliphatic hydroxyl groups excluding tert-OH is 3. The van der Waals surface area contributed by atoms with Crippen LogP contribution in [0, 0.1) is 0 Å². The fourth-order valence-corrected chi connectivity index (χ4v) is 2.97. The van der Waals surface area contributed by atoms with E-state index in [1.807, 2.05) is 6.08 Å². The highest BCUT2D eigenvalue weighted by Crippen LogP contribution is 2.26. The molecule has 1 fully saturated rings. The van der Waals surface area contributed by atoms with Gasteiger partial charge in [0.15, 0.2) is 0 Å². The van der Waals surface area contributed by atoms with Gasteiger partial charge >= 0.3 is 5.97 Å². The average Bonchev–Trinajstić information content (AvgIpc) is 2.96. The SMILES string of the molecule is CCCCC/C=C\C[C@@H](O)/C=C/[C@@H]1O[C@@H]([C@@H](O)CCCC(=O)O)C[C@@H]1O. The van der Waals surface area contributed by atoms with E-state index in [-0.39, 0.29) is 6.42 Å². The Morgan fingerprint density at radius 1 is 1.23 bits per heavy atom. The second kappa shape index (κ2) is 13.0. The van der Waals surface area contributed by atoms with Gasteiger partial charge < -0.3 is 25.2 Å². The minimum atomic E-state index is -0.890. The van der Waals surface area contributed by atoms with Crippen LogP contribution >= 0.6 is 0 Å². The molecule has 0 saturated carbocycles. The third-order valence-electron chi connectivity index (χ3n) is 4.55. The molecule has 0 amide bonds. The van der Waals surface area contributed by atoms with E-state index in [4.69, 9.17) is 9.84 Å². The maximum Gasteiger partial charge on any atom is 0.303 e. The molecule has 0 aromatic rings. The third-order valence-corrected chi connectivity index (χ3v) is 4.55. The molecule has 0 aromatic heterocycles. The monoisotopic (exact) mass is 370 g/mol. The Morgan fingerprint density at radius 2 is 2.00 bits per heavy atom. The number of unbranched alkanes of at least 4 members (excludes halogenated alkanes) is 3. The Balaban J connectivity index is 2.31. The molecule has 1 aliphatic heterocycles. The van der Waals surface area contributed by atoms with Crippen LogP contribution in [0.3, 0.4) is 0 Å². The quantitative estimate of drug-likeness (QED) is 0.293. The normalized spacial score (nSPS) is 25.9. The molecule has 5 atom stereocenters. The van der Waals surface area contributed by atoms with E-state index >= 15 is 0 Å². The van der Waals surface area contributed by atoms with Crippen molar-refractivity contribution in [2.24, 2.45) is 0 Å². The highest BCUT2D eigenvalue weighted by atomic mass is 16.5. The molecule has 0 aromatic carbocycles. The summed E-state index contributed by atoms with van der Waals surface area (Å²) in [4.78, 5) is 10.5. The summed E-state index contributed by atoms with van der Waals surface area (Å²) in [6.45, 7) is 2.16. The highest BCUT2D eigenvalue weighted by Gasteiger charge is 2.36. The minimum absolute atomic E-state index is 0.00776. The molecule has 26 heavy (non-hydrogen) atoms. The predicted octanol–water partition coefficient (Wildman–Crippen LogP) is 2.56. The molecule has 6 nitrogen and oxygen atoms in total. The molecular formula is C20H34O6. The van der Waals surface area contributed by atoms with Crippen LogP contribution in [0.1, 0.15) is 64.7 Å². The van der Waals surface area contributed by atoms with Crippen molar-refractivity contribution in [1.29, 1.82) is 0 Å². The largest absolute Gasteiger partial charge is 0.481 e. The summed E-state index contributed by atoms with van der Waals surface area (Å²) in [5.74, 6) is -0.890. The van der Waals surface area contributed by atoms with E-state index in [1.54, 1.807) is 12.2 Å². The molecule has 1 saturated heterocycles. The lowest BCUT2D eigenvalue weighted by Crippen LogP contribution is -2.26. The second-order valence-corrected chi connectivity index (χ2v) is 6.95. The zero-order chi connectivity index (χ0) is 19.4. The van der Waals surface area contributed by atoms with Crippen molar-refractivity contribution in [3.8, 4) is 0 Å². The fourth-order valence-electron chi connectivity index (χ4n) is 2.97. The standard InChI is InChI=1S/C20H34O6/c1-2-3-4-5-6-7-9-15(21)12-13-18-17(23)14-19(26-18)16(22)10-8-11-20(24)25/h6-7,12-13,15-19,21-23H,2-5,8-11,14H2,1H3,(H,24,25)/b7-6-,13-12+/t15-,16+,17+,18+,19-/m1/s1.